The largest absolute Gasteiger partial charge is 0.497 e. The molecule has 0 bridgehead atoms. The monoisotopic (exact) mass is 306 g/mol. The molecule has 2 aromatic rings. The summed E-state index contributed by atoms with van der Waals surface area (Å²) in [6.07, 6.45) is 0. The summed E-state index contributed by atoms with van der Waals surface area (Å²) < 4.78 is 31.9. The topological polar surface area (TPSA) is 81.4 Å². The number of hydrogen-bond donors (Lipinski definition) is 2. The number of rotatable bonds is 6. The molecule has 0 aliphatic carbocycles. The second kappa shape index (κ2) is 6.71. The van der Waals surface area contributed by atoms with Crippen LogP contribution in [0.2, 0.25) is 0 Å². The van der Waals surface area contributed by atoms with Gasteiger partial charge in [0.05, 0.1) is 12.0 Å². The lowest BCUT2D eigenvalue weighted by atomic mass is 10.1. The minimum absolute atomic E-state index is 0.207. The van der Waals surface area contributed by atoms with Crippen molar-refractivity contribution in [1.29, 1.82) is 0 Å². The highest BCUT2D eigenvalue weighted by Gasteiger charge is 2.13. The fourth-order valence-electron chi connectivity index (χ4n) is 1.88. The van der Waals surface area contributed by atoms with Gasteiger partial charge in [-0.05, 0) is 35.4 Å². The van der Waals surface area contributed by atoms with Crippen LogP contribution in [0.5, 0.6) is 5.75 Å². The molecule has 0 amide bonds. The number of benzene rings is 2. The summed E-state index contributed by atoms with van der Waals surface area (Å²) >= 11 is 0. The van der Waals surface area contributed by atoms with Crippen LogP contribution < -0.4 is 15.2 Å². The normalized spacial score (nSPS) is 11.3. The summed E-state index contributed by atoms with van der Waals surface area (Å²) in [5.74, 6) is 0.615. The Bertz CT molecular complexity index is 697. The van der Waals surface area contributed by atoms with E-state index in [4.69, 9.17) is 10.5 Å². The van der Waals surface area contributed by atoms with E-state index in [1.807, 2.05) is 24.3 Å². The first-order chi connectivity index (χ1) is 10.0. The smallest absolute Gasteiger partial charge is 0.240 e. The average Bonchev–Trinajstić information content (AvgIpc) is 2.53. The fourth-order valence-corrected chi connectivity index (χ4v) is 2.90. The van der Waals surface area contributed by atoms with Crippen molar-refractivity contribution in [2.24, 2.45) is 5.73 Å². The van der Waals surface area contributed by atoms with E-state index in [9.17, 15) is 8.42 Å². The van der Waals surface area contributed by atoms with Crippen LogP contribution in [0.15, 0.2) is 53.4 Å². The molecule has 6 heteroatoms. The minimum Gasteiger partial charge on any atom is -0.497 e. The van der Waals surface area contributed by atoms with E-state index >= 15 is 0 Å². The predicted octanol–water partition coefficient (Wildman–Crippen LogP) is 1.63. The molecule has 112 valence electrons. The van der Waals surface area contributed by atoms with Gasteiger partial charge >= 0.3 is 0 Å². The molecule has 5 nitrogen and oxygen atoms in total. The highest BCUT2D eigenvalue weighted by Crippen LogP contribution is 2.15. The van der Waals surface area contributed by atoms with Gasteiger partial charge in [0.25, 0.3) is 0 Å². The van der Waals surface area contributed by atoms with Gasteiger partial charge in [-0.25, -0.2) is 13.1 Å². The van der Waals surface area contributed by atoms with E-state index < -0.39 is 10.0 Å². The Morgan fingerprint density at radius 2 is 1.76 bits per heavy atom. The maximum Gasteiger partial charge on any atom is 0.240 e. The van der Waals surface area contributed by atoms with Gasteiger partial charge < -0.3 is 10.5 Å². The van der Waals surface area contributed by atoms with Crippen LogP contribution in [0.4, 0.5) is 0 Å². The zero-order chi connectivity index (χ0) is 15.3. The minimum atomic E-state index is -3.54. The molecule has 0 spiro atoms. The number of nitrogens with two attached hydrogens (primary N) is 1. The average molecular weight is 306 g/mol. The molecule has 0 atom stereocenters. The fraction of sp³-hybridized carbons (Fsp3) is 0.200. The van der Waals surface area contributed by atoms with E-state index in [0.717, 1.165) is 11.1 Å². The summed E-state index contributed by atoms with van der Waals surface area (Å²) in [5, 5.41) is 0. The molecule has 3 N–H and O–H groups in total. The SMILES string of the molecule is COc1ccc(S(=O)(=O)NCc2cccc(CN)c2)cc1. The molecule has 0 saturated carbocycles. The van der Waals surface area contributed by atoms with Gasteiger partial charge in [0.1, 0.15) is 5.75 Å². The summed E-state index contributed by atoms with van der Waals surface area (Å²) in [5.41, 5.74) is 7.41. The molecule has 2 aromatic carbocycles. The summed E-state index contributed by atoms with van der Waals surface area (Å²) in [7, 11) is -2.01. The summed E-state index contributed by atoms with van der Waals surface area (Å²) in [6, 6.07) is 13.8. The van der Waals surface area contributed by atoms with Crippen LogP contribution in [-0.2, 0) is 23.1 Å². The van der Waals surface area contributed by atoms with Gasteiger partial charge in [-0.15, -0.1) is 0 Å². The Morgan fingerprint density at radius 3 is 2.38 bits per heavy atom. The van der Waals surface area contributed by atoms with Crippen molar-refractivity contribution < 1.29 is 13.2 Å². The van der Waals surface area contributed by atoms with Crippen LogP contribution in [0.3, 0.4) is 0 Å². The van der Waals surface area contributed by atoms with Crippen LogP contribution in [0.25, 0.3) is 0 Å². The van der Waals surface area contributed by atoms with Gasteiger partial charge in [-0.2, -0.15) is 0 Å². The highest BCUT2D eigenvalue weighted by molar-refractivity contribution is 7.89. The molecule has 0 fully saturated rings. The molecule has 2 rings (SSSR count). The van der Waals surface area contributed by atoms with E-state index in [-0.39, 0.29) is 11.4 Å². The Labute approximate surface area is 124 Å². The molecule has 0 saturated heterocycles. The molecule has 0 unspecified atom stereocenters. The van der Waals surface area contributed by atoms with Gasteiger partial charge in [-0.1, -0.05) is 24.3 Å². The van der Waals surface area contributed by atoms with E-state index in [0.29, 0.717) is 12.3 Å². The maximum atomic E-state index is 12.2. The van der Waals surface area contributed by atoms with Crippen LogP contribution >= 0.6 is 0 Å². The number of nitrogens with one attached hydrogen (secondary N) is 1. The first-order valence-corrected chi connectivity index (χ1v) is 7.95. The van der Waals surface area contributed by atoms with E-state index in [1.165, 1.54) is 19.2 Å². The van der Waals surface area contributed by atoms with Crippen molar-refractivity contribution >= 4 is 10.0 Å². The second-order valence-electron chi connectivity index (χ2n) is 4.52. The van der Waals surface area contributed by atoms with Crippen LogP contribution in [-0.4, -0.2) is 15.5 Å². The number of hydrogen-bond acceptors (Lipinski definition) is 4. The number of ether oxygens (including phenoxy) is 1. The molecule has 0 aromatic heterocycles. The molecule has 0 aliphatic rings. The number of methoxy groups -OCH3 is 1. The predicted molar refractivity (Wildman–Crippen MR) is 81.4 cm³/mol. The van der Waals surface area contributed by atoms with Crippen molar-refractivity contribution in [3.8, 4) is 5.75 Å². The van der Waals surface area contributed by atoms with Gasteiger partial charge in [0.15, 0.2) is 0 Å². The lowest BCUT2D eigenvalue weighted by Gasteiger charge is -2.08. The number of sulfonamides is 1. The van der Waals surface area contributed by atoms with Gasteiger partial charge in [0, 0.05) is 13.1 Å². The first kappa shape index (κ1) is 15.5. The van der Waals surface area contributed by atoms with Gasteiger partial charge in [0.2, 0.25) is 10.0 Å². The Morgan fingerprint density at radius 1 is 1.10 bits per heavy atom. The third kappa shape index (κ3) is 4.04. The molecular formula is C15H18N2O3S. The van der Waals surface area contributed by atoms with Crippen LogP contribution in [0, 0.1) is 0 Å². The van der Waals surface area contributed by atoms with Crippen molar-refractivity contribution in [2.75, 3.05) is 7.11 Å². The second-order valence-corrected chi connectivity index (χ2v) is 6.29. The van der Waals surface area contributed by atoms with Crippen LogP contribution in [0.1, 0.15) is 11.1 Å². The molecular weight excluding hydrogens is 288 g/mol. The standard InChI is InChI=1S/C15H18N2O3S/c1-20-14-5-7-15(8-6-14)21(18,19)17-11-13-4-2-3-12(9-13)10-16/h2-9,17H,10-11,16H2,1H3. The Kier molecular flexibility index (Phi) is 4.95. The van der Waals surface area contributed by atoms with Gasteiger partial charge in [-0.3, -0.25) is 0 Å². The van der Waals surface area contributed by atoms with Crippen molar-refractivity contribution in [2.45, 2.75) is 18.0 Å². The zero-order valence-electron chi connectivity index (χ0n) is 11.7. The van der Waals surface area contributed by atoms with E-state index in [2.05, 4.69) is 4.72 Å². The first-order valence-electron chi connectivity index (χ1n) is 6.47. The summed E-state index contributed by atoms with van der Waals surface area (Å²) in [4.78, 5) is 0.207. The molecule has 21 heavy (non-hydrogen) atoms. The molecule has 0 aliphatic heterocycles. The van der Waals surface area contributed by atoms with Crippen molar-refractivity contribution in [3.63, 3.8) is 0 Å². The Hall–Kier alpha value is -1.89. The quantitative estimate of drug-likeness (QED) is 0.850. The third-order valence-corrected chi connectivity index (χ3v) is 4.48. The lowest BCUT2D eigenvalue weighted by molar-refractivity contribution is 0.414. The Balaban J connectivity index is 2.09. The lowest BCUT2D eigenvalue weighted by Crippen LogP contribution is -2.23. The van der Waals surface area contributed by atoms with E-state index in [1.54, 1.807) is 12.1 Å². The highest BCUT2D eigenvalue weighted by atomic mass is 32.2. The van der Waals surface area contributed by atoms with Crippen molar-refractivity contribution in [3.05, 3.63) is 59.7 Å². The molecule has 0 heterocycles. The summed E-state index contributed by atoms with van der Waals surface area (Å²) in [6.45, 7) is 0.654. The third-order valence-electron chi connectivity index (χ3n) is 3.06. The maximum absolute atomic E-state index is 12.2. The molecule has 0 radical (unpaired) electrons. The zero-order valence-corrected chi connectivity index (χ0v) is 12.6. The van der Waals surface area contributed by atoms with Crippen molar-refractivity contribution in [1.82, 2.24) is 4.72 Å².